The molecule has 1 nitrogen and oxygen atoms in total. The quantitative estimate of drug-likeness (QED) is 0.742. The average molecular weight is 292 g/mol. The molecule has 1 radical (unpaired) electrons. The summed E-state index contributed by atoms with van der Waals surface area (Å²) in [5, 5.41) is 0.746. The van der Waals surface area contributed by atoms with E-state index in [0.29, 0.717) is 6.61 Å². The van der Waals surface area contributed by atoms with E-state index in [2.05, 4.69) is 19.1 Å². The van der Waals surface area contributed by atoms with E-state index in [4.69, 9.17) is 16.3 Å². The summed E-state index contributed by atoms with van der Waals surface area (Å²) in [5.41, 5.74) is 2.41. The van der Waals surface area contributed by atoms with Crippen molar-refractivity contribution < 1.29 is 4.74 Å². The van der Waals surface area contributed by atoms with Gasteiger partial charge in [0.2, 0.25) is 0 Å². The topological polar surface area (TPSA) is 9.23 Å². The number of thioether (sulfide) groups is 1. The molecule has 2 rings (SSSR count). The molecule has 0 saturated carbocycles. The zero-order valence-electron chi connectivity index (χ0n) is 10.6. The van der Waals surface area contributed by atoms with E-state index in [0.717, 1.165) is 27.8 Å². The summed E-state index contributed by atoms with van der Waals surface area (Å²) in [5.74, 6) is 2.79. The second-order valence-corrected chi connectivity index (χ2v) is 5.65. The van der Waals surface area contributed by atoms with Crippen molar-refractivity contribution in [1.29, 1.82) is 0 Å². The maximum Gasteiger partial charge on any atom is 0.119 e. The zero-order valence-corrected chi connectivity index (χ0v) is 12.2. The van der Waals surface area contributed by atoms with Gasteiger partial charge in [-0.05, 0) is 48.1 Å². The van der Waals surface area contributed by atoms with Crippen molar-refractivity contribution in [1.82, 2.24) is 0 Å². The van der Waals surface area contributed by atoms with Gasteiger partial charge < -0.3 is 4.74 Å². The Bertz CT molecular complexity index is 493. The summed E-state index contributed by atoms with van der Waals surface area (Å²) in [4.78, 5) is 0. The Labute approximate surface area is 123 Å². The van der Waals surface area contributed by atoms with Crippen molar-refractivity contribution in [2.24, 2.45) is 0 Å². The van der Waals surface area contributed by atoms with Gasteiger partial charge in [-0.15, -0.1) is 0 Å². The van der Waals surface area contributed by atoms with Crippen molar-refractivity contribution in [3.63, 3.8) is 0 Å². The molecule has 2 aromatic carbocycles. The predicted octanol–water partition coefficient (Wildman–Crippen LogP) is 4.99. The third kappa shape index (κ3) is 4.81. The largest absolute Gasteiger partial charge is 0.489 e. The van der Waals surface area contributed by atoms with Gasteiger partial charge in [-0.3, -0.25) is 0 Å². The minimum atomic E-state index is 0.560. The molecule has 0 N–H and O–H groups in total. The van der Waals surface area contributed by atoms with E-state index in [9.17, 15) is 0 Å². The lowest BCUT2D eigenvalue weighted by atomic mass is 10.2. The van der Waals surface area contributed by atoms with Gasteiger partial charge in [0.25, 0.3) is 0 Å². The van der Waals surface area contributed by atoms with Gasteiger partial charge >= 0.3 is 0 Å². The fourth-order valence-electron chi connectivity index (χ4n) is 1.62. The van der Waals surface area contributed by atoms with Gasteiger partial charge in [0.05, 0.1) is 0 Å². The van der Waals surface area contributed by atoms with Crippen molar-refractivity contribution in [2.45, 2.75) is 12.4 Å². The van der Waals surface area contributed by atoms with E-state index >= 15 is 0 Å². The van der Waals surface area contributed by atoms with E-state index < -0.39 is 0 Å². The molecule has 0 fully saturated rings. The monoisotopic (exact) mass is 291 g/mol. The van der Waals surface area contributed by atoms with Crippen molar-refractivity contribution in [3.05, 3.63) is 71.6 Å². The number of ether oxygens (including phenoxy) is 1. The molecule has 0 aliphatic carbocycles. The van der Waals surface area contributed by atoms with E-state index in [1.165, 1.54) is 5.56 Å². The molecule has 0 heterocycles. The van der Waals surface area contributed by atoms with Crippen LogP contribution in [0.2, 0.25) is 5.02 Å². The van der Waals surface area contributed by atoms with Crippen LogP contribution in [0.4, 0.5) is 0 Å². The van der Waals surface area contributed by atoms with Crippen LogP contribution in [0.5, 0.6) is 5.75 Å². The lowest BCUT2D eigenvalue weighted by Gasteiger charge is -2.07. The van der Waals surface area contributed by atoms with Crippen LogP contribution in [0, 0.1) is 6.92 Å². The number of hydrogen-bond acceptors (Lipinski definition) is 2. The summed E-state index contributed by atoms with van der Waals surface area (Å²) in [6.07, 6.45) is 0. The Morgan fingerprint density at radius 2 is 1.58 bits per heavy atom. The first-order chi connectivity index (χ1) is 9.28. The lowest BCUT2D eigenvalue weighted by Crippen LogP contribution is -1.95. The molecule has 0 aliphatic heterocycles. The Morgan fingerprint density at radius 1 is 0.947 bits per heavy atom. The second-order valence-electron chi connectivity index (χ2n) is 4.11. The second kappa shape index (κ2) is 7.46. The maximum atomic E-state index is 5.84. The number of rotatable bonds is 6. The van der Waals surface area contributed by atoms with Crippen LogP contribution >= 0.6 is 23.4 Å². The van der Waals surface area contributed by atoms with Gasteiger partial charge in [0, 0.05) is 10.8 Å². The molecular weight excluding hydrogens is 276 g/mol. The van der Waals surface area contributed by atoms with Crippen LogP contribution in [0.3, 0.4) is 0 Å². The standard InChI is InChI=1S/C16H16ClOS/c1-2-19-12-14-5-9-16(10-6-14)18-11-13-3-7-15(17)8-4-13/h3-10H,1-2,11-12H2. The molecule has 2 aromatic rings. The molecule has 0 aromatic heterocycles. The van der Waals surface area contributed by atoms with Crippen LogP contribution in [0.1, 0.15) is 11.1 Å². The summed E-state index contributed by atoms with van der Waals surface area (Å²) in [6, 6.07) is 15.9. The summed E-state index contributed by atoms with van der Waals surface area (Å²) < 4.78 is 5.73. The first kappa shape index (κ1) is 14.3. The number of hydrogen-bond donors (Lipinski definition) is 0. The average Bonchev–Trinajstić information content (AvgIpc) is 2.46. The summed E-state index contributed by atoms with van der Waals surface area (Å²) in [7, 11) is 0. The molecule has 0 aliphatic rings. The molecule has 0 atom stereocenters. The Balaban J connectivity index is 1.87. The Hall–Kier alpha value is -1.12. The van der Waals surface area contributed by atoms with E-state index in [1.807, 2.05) is 48.2 Å². The van der Waals surface area contributed by atoms with Gasteiger partial charge in [0.15, 0.2) is 0 Å². The van der Waals surface area contributed by atoms with Crippen molar-refractivity contribution in [3.8, 4) is 5.75 Å². The predicted molar refractivity (Wildman–Crippen MR) is 83.7 cm³/mol. The van der Waals surface area contributed by atoms with Crippen LogP contribution in [-0.4, -0.2) is 5.75 Å². The fourth-order valence-corrected chi connectivity index (χ4v) is 2.32. The SMILES string of the molecule is [CH2]CSCc1ccc(OCc2ccc(Cl)cc2)cc1. The smallest absolute Gasteiger partial charge is 0.119 e. The molecule has 19 heavy (non-hydrogen) atoms. The molecule has 99 valence electrons. The molecule has 0 bridgehead atoms. The molecule has 0 spiro atoms. The highest BCUT2D eigenvalue weighted by Crippen LogP contribution is 2.18. The van der Waals surface area contributed by atoms with Crippen molar-refractivity contribution in [2.75, 3.05) is 5.75 Å². The highest BCUT2D eigenvalue weighted by molar-refractivity contribution is 7.98. The third-order valence-electron chi connectivity index (χ3n) is 2.66. The van der Waals surface area contributed by atoms with Crippen molar-refractivity contribution >= 4 is 23.4 Å². The first-order valence-electron chi connectivity index (χ1n) is 6.11. The number of benzene rings is 2. The van der Waals surface area contributed by atoms with E-state index in [1.54, 1.807) is 0 Å². The van der Waals surface area contributed by atoms with Gasteiger partial charge in [-0.2, -0.15) is 11.8 Å². The van der Waals surface area contributed by atoms with Gasteiger partial charge in [-0.1, -0.05) is 35.9 Å². The van der Waals surface area contributed by atoms with Crippen LogP contribution in [0.25, 0.3) is 0 Å². The normalized spacial score (nSPS) is 10.4. The first-order valence-corrected chi connectivity index (χ1v) is 7.64. The Morgan fingerprint density at radius 3 is 2.21 bits per heavy atom. The highest BCUT2D eigenvalue weighted by Gasteiger charge is 1.98. The summed E-state index contributed by atoms with van der Waals surface area (Å²) in [6.45, 7) is 4.38. The molecule has 0 saturated heterocycles. The fraction of sp³-hybridized carbons (Fsp3) is 0.188. The lowest BCUT2D eigenvalue weighted by molar-refractivity contribution is 0.306. The molecule has 0 amide bonds. The molecule has 0 unspecified atom stereocenters. The van der Waals surface area contributed by atoms with Crippen LogP contribution < -0.4 is 4.74 Å². The minimum absolute atomic E-state index is 0.560. The number of halogens is 1. The minimum Gasteiger partial charge on any atom is -0.489 e. The Kier molecular flexibility index (Phi) is 5.62. The van der Waals surface area contributed by atoms with Gasteiger partial charge in [0.1, 0.15) is 12.4 Å². The van der Waals surface area contributed by atoms with Crippen LogP contribution in [-0.2, 0) is 12.4 Å². The molecule has 3 heteroatoms. The molecular formula is C16H16ClOS. The third-order valence-corrected chi connectivity index (χ3v) is 3.73. The maximum absolute atomic E-state index is 5.84. The van der Waals surface area contributed by atoms with E-state index in [-0.39, 0.29) is 0 Å². The van der Waals surface area contributed by atoms with Gasteiger partial charge in [-0.25, -0.2) is 0 Å². The summed E-state index contributed by atoms with van der Waals surface area (Å²) >= 11 is 7.65. The highest BCUT2D eigenvalue weighted by atomic mass is 35.5. The zero-order chi connectivity index (χ0) is 13.5. The van der Waals surface area contributed by atoms with Crippen LogP contribution in [0.15, 0.2) is 48.5 Å².